The summed E-state index contributed by atoms with van der Waals surface area (Å²) in [5.41, 5.74) is 3.48. The molecular formula is C25H21N5O2. The van der Waals surface area contributed by atoms with Crippen molar-refractivity contribution in [2.45, 2.75) is 20.0 Å². The van der Waals surface area contributed by atoms with Crippen molar-refractivity contribution in [3.05, 3.63) is 112 Å². The van der Waals surface area contributed by atoms with Gasteiger partial charge < -0.3 is 14.3 Å². The number of imidazole rings is 1. The zero-order valence-corrected chi connectivity index (χ0v) is 17.5. The second-order valence-corrected chi connectivity index (χ2v) is 7.77. The number of hydrogen-bond donors (Lipinski definition) is 1. The number of amides is 1. The molecule has 0 aliphatic rings. The van der Waals surface area contributed by atoms with Crippen molar-refractivity contribution in [2.75, 3.05) is 0 Å². The summed E-state index contributed by atoms with van der Waals surface area (Å²) in [6, 6.07) is 20.8. The number of H-pyrrole nitrogens is 1. The highest BCUT2D eigenvalue weighted by Crippen LogP contribution is 2.15. The van der Waals surface area contributed by atoms with Crippen molar-refractivity contribution in [1.29, 1.82) is 0 Å². The average Bonchev–Trinajstić information content (AvgIpc) is 3.22. The molecule has 0 aliphatic carbocycles. The van der Waals surface area contributed by atoms with Crippen LogP contribution in [0.5, 0.6) is 0 Å². The molecule has 0 saturated carbocycles. The highest BCUT2D eigenvalue weighted by molar-refractivity contribution is 5.93. The van der Waals surface area contributed by atoms with Crippen molar-refractivity contribution >= 4 is 22.5 Å². The molecule has 0 radical (unpaired) electrons. The van der Waals surface area contributed by atoms with Gasteiger partial charge in [0.1, 0.15) is 17.2 Å². The Kier molecular flexibility index (Phi) is 4.99. The predicted molar refractivity (Wildman–Crippen MR) is 122 cm³/mol. The van der Waals surface area contributed by atoms with Crippen molar-refractivity contribution in [1.82, 2.24) is 24.3 Å². The lowest BCUT2D eigenvalue weighted by Crippen LogP contribution is -2.32. The number of rotatable bonds is 5. The van der Waals surface area contributed by atoms with E-state index in [9.17, 15) is 9.59 Å². The number of carbonyl (C=O) groups is 1. The summed E-state index contributed by atoms with van der Waals surface area (Å²) < 4.78 is 1.83. The van der Waals surface area contributed by atoms with Gasteiger partial charge in [0.2, 0.25) is 0 Å². The van der Waals surface area contributed by atoms with Crippen molar-refractivity contribution in [2.24, 2.45) is 0 Å². The van der Waals surface area contributed by atoms with Gasteiger partial charge in [0.25, 0.3) is 11.5 Å². The van der Waals surface area contributed by atoms with Gasteiger partial charge in [-0.3, -0.25) is 9.59 Å². The van der Waals surface area contributed by atoms with Crippen molar-refractivity contribution < 1.29 is 4.79 Å². The van der Waals surface area contributed by atoms with Gasteiger partial charge in [-0.2, -0.15) is 0 Å². The Bertz CT molecular complexity index is 1490. The monoisotopic (exact) mass is 423 g/mol. The van der Waals surface area contributed by atoms with Crippen LogP contribution in [0.2, 0.25) is 0 Å². The molecule has 3 aromatic heterocycles. The van der Waals surface area contributed by atoms with E-state index in [0.717, 1.165) is 11.1 Å². The van der Waals surface area contributed by atoms with Crippen LogP contribution in [0, 0.1) is 6.92 Å². The summed E-state index contributed by atoms with van der Waals surface area (Å²) in [6.07, 6.45) is 3.62. The standard InChI is InChI=1S/C25H21N5O2/c1-17-11-12-29-15-21(27-23(29)13-17)25(32)30(14-18-7-3-2-4-8-18)16-22-26-20-10-6-5-9-19(20)24(31)28-22/h2-13,15H,14,16H2,1H3,(H,26,28,31). The van der Waals surface area contributed by atoms with Gasteiger partial charge in [0, 0.05) is 18.9 Å². The Hall–Kier alpha value is -4.26. The Morgan fingerprint density at radius 3 is 2.62 bits per heavy atom. The molecule has 2 aromatic carbocycles. The maximum absolute atomic E-state index is 13.5. The Labute approximate surface area is 184 Å². The van der Waals surface area contributed by atoms with Gasteiger partial charge in [-0.25, -0.2) is 9.97 Å². The SMILES string of the molecule is Cc1ccn2cc(C(=O)N(Cc3ccccc3)Cc3nc4ccccc4c(=O)[nH]3)nc2c1. The van der Waals surface area contributed by atoms with Gasteiger partial charge in [0.15, 0.2) is 0 Å². The maximum atomic E-state index is 13.5. The molecular weight excluding hydrogens is 402 g/mol. The quantitative estimate of drug-likeness (QED) is 0.467. The fourth-order valence-corrected chi connectivity index (χ4v) is 3.74. The number of nitrogens with one attached hydrogen (secondary N) is 1. The first-order chi connectivity index (χ1) is 15.6. The topological polar surface area (TPSA) is 83.4 Å². The third-order valence-corrected chi connectivity index (χ3v) is 5.34. The van der Waals surface area contributed by atoms with E-state index in [2.05, 4.69) is 15.0 Å². The number of aromatic nitrogens is 4. The number of carbonyl (C=O) groups excluding carboxylic acids is 1. The van der Waals surface area contributed by atoms with Crippen LogP contribution < -0.4 is 5.56 Å². The lowest BCUT2D eigenvalue weighted by Gasteiger charge is -2.21. The fourth-order valence-electron chi connectivity index (χ4n) is 3.74. The van der Waals surface area contributed by atoms with E-state index in [0.29, 0.717) is 34.6 Å². The van der Waals surface area contributed by atoms with E-state index in [1.165, 1.54) is 0 Å². The van der Waals surface area contributed by atoms with E-state index in [1.54, 1.807) is 29.3 Å². The smallest absolute Gasteiger partial charge is 0.274 e. The molecule has 32 heavy (non-hydrogen) atoms. The molecule has 0 saturated heterocycles. The number of fused-ring (bicyclic) bond motifs is 2. The highest BCUT2D eigenvalue weighted by atomic mass is 16.2. The first-order valence-electron chi connectivity index (χ1n) is 10.3. The Morgan fingerprint density at radius 2 is 1.78 bits per heavy atom. The van der Waals surface area contributed by atoms with Crippen LogP contribution in [0.1, 0.15) is 27.4 Å². The molecule has 3 heterocycles. The van der Waals surface area contributed by atoms with E-state index in [-0.39, 0.29) is 18.0 Å². The lowest BCUT2D eigenvalue weighted by atomic mass is 10.2. The average molecular weight is 423 g/mol. The van der Waals surface area contributed by atoms with Crippen LogP contribution in [0.4, 0.5) is 0 Å². The zero-order valence-electron chi connectivity index (χ0n) is 17.5. The van der Waals surface area contributed by atoms with Gasteiger partial charge in [-0.1, -0.05) is 42.5 Å². The summed E-state index contributed by atoms with van der Waals surface area (Å²) in [6.45, 7) is 2.50. The molecule has 0 bridgehead atoms. The first-order valence-corrected chi connectivity index (χ1v) is 10.3. The number of para-hydroxylation sites is 1. The third kappa shape index (κ3) is 3.88. The van der Waals surface area contributed by atoms with Gasteiger partial charge >= 0.3 is 0 Å². The van der Waals surface area contributed by atoms with Crippen molar-refractivity contribution in [3.63, 3.8) is 0 Å². The van der Waals surface area contributed by atoms with Gasteiger partial charge in [0.05, 0.1) is 17.4 Å². The largest absolute Gasteiger partial charge is 0.325 e. The maximum Gasteiger partial charge on any atom is 0.274 e. The summed E-state index contributed by atoms with van der Waals surface area (Å²) in [5.74, 6) is 0.198. The fraction of sp³-hybridized carbons (Fsp3) is 0.120. The molecule has 7 nitrogen and oxygen atoms in total. The van der Waals surface area contributed by atoms with Crippen LogP contribution >= 0.6 is 0 Å². The molecule has 0 fully saturated rings. The minimum atomic E-state index is -0.231. The lowest BCUT2D eigenvalue weighted by molar-refractivity contribution is 0.0720. The predicted octanol–water partition coefficient (Wildman–Crippen LogP) is 3.72. The number of nitrogens with zero attached hydrogens (tertiary/aromatic N) is 4. The van der Waals surface area contributed by atoms with E-state index >= 15 is 0 Å². The Balaban J connectivity index is 1.52. The number of benzene rings is 2. The van der Waals surface area contributed by atoms with Crippen LogP contribution in [0.15, 0.2) is 83.9 Å². The molecule has 158 valence electrons. The summed E-state index contributed by atoms with van der Waals surface area (Å²) in [5, 5.41) is 0.521. The molecule has 7 heteroatoms. The summed E-state index contributed by atoms with van der Waals surface area (Å²) in [4.78, 5) is 39.6. The van der Waals surface area contributed by atoms with Crippen LogP contribution in [-0.2, 0) is 13.1 Å². The molecule has 0 unspecified atom stereocenters. The van der Waals surface area contributed by atoms with Gasteiger partial charge in [-0.05, 0) is 42.3 Å². The second-order valence-electron chi connectivity index (χ2n) is 7.77. The normalized spacial score (nSPS) is 11.2. The van der Waals surface area contributed by atoms with E-state index < -0.39 is 0 Å². The van der Waals surface area contributed by atoms with Crippen LogP contribution in [-0.4, -0.2) is 30.2 Å². The molecule has 1 N–H and O–H groups in total. The molecule has 0 aliphatic heterocycles. The highest BCUT2D eigenvalue weighted by Gasteiger charge is 2.21. The minimum Gasteiger partial charge on any atom is -0.325 e. The van der Waals surface area contributed by atoms with E-state index in [4.69, 9.17) is 0 Å². The molecule has 5 aromatic rings. The second kappa shape index (κ2) is 8.11. The number of aryl methyl sites for hydroxylation is 1. The third-order valence-electron chi connectivity index (χ3n) is 5.34. The number of pyridine rings is 1. The zero-order chi connectivity index (χ0) is 22.1. The van der Waals surface area contributed by atoms with Crippen molar-refractivity contribution in [3.8, 4) is 0 Å². The van der Waals surface area contributed by atoms with Gasteiger partial charge in [-0.15, -0.1) is 0 Å². The number of aromatic amines is 1. The summed E-state index contributed by atoms with van der Waals surface area (Å²) in [7, 11) is 0. The van der Waals surface area contributed by atoms with Crippen LogP contribution in [0.25, 0.3) is 16.6 Å². The Morgan fingerprint density at radius 1 is 1.00 bits per heavy atom. The molecule has 5 rings (SSSR count). The first kappa shape index (κ1) is 19.7. The van der Waals surface area contributed by atoms with Crippen LogP contribution in [0.3, 0.4) is 0 Å². The minimum absolute atomic E-state index is 0.153. The van der Waals surface area contributed by atoms with E-state index in [1.807, 2.05) is 66.1 Å². The summed E-state index contributed by atoms with van der Waals surface area (Å²) >= 11 is 0. The molecule has 0 spiro atoms. The number of hydrogen-bond acceptors (Lipinski definition) is 4. The molecule has 0 atom stereocenters. The molecule has 1 amide bonds.